The smallest absolute Gasteiger partial charge is 0.326 e. The van der Waals surface area contributed by atoms with Crippen molar-refractivity contribution in [2.75, 3.05) is 12.0 Å². The Kier molecular flexibility index (Phi) is 10.6. The van der Waals surface area contributed by atoms with Gasteiger partial charge in [-0.05, 0) is 31.3 Å². The van der Waals surface area contributed by atoms with Crippen molar-refractivity contribution in [3.8, 4) is 0 Å². The van der Waals surface area contributed by atoms with E-state index in [0.717, 1.165) is 0 Å². The molecule has 0 rings (SSSR count). The van der Waals surface area contributed by atoms with Crippen LogP contribution in [0.3, 0.4) is 0 Å². The van der Waals surface area contributed by atoms with Crippen molar-refractivity contribution in [1.29, 1.82) is 0 Å². The fourth-order valence-corrected chi connectivity index (χ4v) is 2.09. The lowest BCUT2D eigenvalue weighted by atomic mass is 10.1. The van der Waals surface area contributed by atoms with Crippen molar-refractivity contribution in [2.45, 2.75) is 44.2 Å². The Morgan fingerprint density at radius 3 is 2.38 bits per heavy atom. The number of aliphatic hydroxyl groups is 1. The highest BCUT2D eigenvalue weighted by Crippen LogP contribution is 2.06. The van der Waals surface area contributed by atoms with E-state index in [9.17, 15) is 19.5 Å². The van der Waals surface area contributed by atoms with Gasteiger partial charge in [0.05, 0.1) is 12.5 Å². The van der Waals surface area contributed by atoms with E-state index in [1.807, 2.05) is 6.26 Å². The molecule has 1 unspecified atom stereocenters. The van der Waals surface area contributed by atoms with Gasteiger partial charge in [0.1, 0.15) is 6.04 Å². The molecule has 0 aliphatic heterocycles. The number of hydrogen-bond donors (Lipinski definition) is 5. The molecular weight excluding hydrogens is 300 g/mol. The molecule has 0 bridgehead atoms. The van der Waals surface area contributed by atoms with Gasteiger partial charge in [0.15, 0.2) is 0 Å². The average Bonchev–Trinajstić information content (AvgIpc) is 2.42. The van der Waals surface area contributed by atoms with Crippen molar-refractivity contribution >= 4 is 29.5 Å². The molecular formula is C12H22N2O6S. The van der Waals surface area contributed by atoms with Crippen LogP contribution in [0, 0.1) is 0 Å². The van der Waals surface area contributed by atoms with Crippen molar-refractivity contribution < 1.29 is 29.8 Å². The number of nitrogens with one attached hydrogen (secondary N) is 2. The number of rotatable bonds is 11. The first-order valence-corrected chi connectivity index (χ1v) is 7.92. The van der Waals surface area contributed by atoms with Crippen LogP contribution in [0.25, 0.3) is 0 Å². The number of carboxylic acids is 1. The number of aliphatic carboxylic acids is 1. The fraction of sp³-hybridized carbons (Fsp3) is 0.750. The van der Waals surface area contributed by atoms with Crippen LogP contribution in [-0.2, 0) is 14.4 Å². The summed E-state index contributed by atoms with van der Waals surface area (Å²) in [6, 6.07) is -0.961. The first-order chi connectivity index (χ1) is 9.90. The summed E-state index contributed by atoms with van der Waals surface area (Å²) in [5.41, 5.74) is 1.47. The summed E-state index contributed by atoms with van der Waals surface area (Å²) in [7, 11) is 0. The van der Waals surface area contributed by atoms with Crippen molar-refractivity contribution in [2.24, 2.45) is 0 Å². The molecule has 0 aromatic heterocycles. The predicted molar refractivity (Wildman–Crippen MR) is 77.0 cm³/mol. The maximum Gasteiger partial charge on any atom is 0.326 e. The molecule has 5 N–H and O–H groups in total. The standard InChI is InChI=1S/C12H22N2O6S/c1-21-6-5-9(12(18)19)13-11(17)7-8(15)3-2-4-10(16)14-20/h8-9,15,20H,2-7H2,1H3,(H,13,17)(H,14,16)(H,18,19)/t8?,9-/m1/s1. The largest absolute Gasteiger partial charge is 0.480 e. The molecule has 0 radical (unpaired) electrons. The molecule has 0 aromatic carbocycles. The molecule has 0 saturated heterocycles. The molecule has 0 aliphatic rings. The molecule has 0 heterocycles. The van der Waals surface area contributed by atoms with E-state index >= 15 is 0 Å². The zero-order valence-electron chi connectivity index (χ0n) is 11.9. The minimum Gasteiger partial charge on any atom is -0.480 e. The van der Waals surface area contributed by atoms with E-state index in [2.05, 4.69) is 5.32 Å². The highest BCUT2D eigenvalue weighted by molar-refractivity contribution is 7.98. The molecule has 0 aliphatic carbocycles. The van der Waals surface area contributed by atoms with Gasteiger partial charge in [-0.2, -0.15) is 11.8 Å². The van der Waals surface area contributed by atoms with Crippen molar-refractivity contribution in [3.05, 3.63) is 0 Å². The predicted octanol–water partition coefficient (Wildman–Crippen LogP) is -0.264. The van der Waals surface area contributed by atoms with E-state index in [4.69, 9.17) is 10.3 Å². The van der Waals surface area contributed by atoms with E-state index < -0.39 is 29.9 Å². The van der Waals surface area contributed by atoms with Crippen LogP contribution in [0.4, 0.5) is 0 Å². The lowest BCUT2D eigenvalue weighted by molar-refractivity contribution is -0.142. The summed E-state index contributed by atoms with van der Waals surface area (Å²) in [4.78, 5) is 33.3. The van der Waals surface area contributed by atoms with Crippen LogP contribution in [0.1, 0.15) is 32.1 Å². The average molecular weight is 322 g/mol. The number of aliphatic hydroxyl groups excluding tert-OH is 1. The normalized spacial score (nSPS) is 13.3. The van der Waals surface area contributed by atoms with Crippen LogP contribution >= 0.6 is 11.8 Å². The minimum absolute atomic E-state index is 0.0423. The lowest BCUT2D eigenvalue weighted by Gasteiger charge is -2.15. The maximum absolute atomic E-state index is 11.6. The Balaban J connectivity index is 4.04. The second-order valence-electron chi connectivity index (χ2n) is 4.52. The first-order valence-electron chi connectivity index (χ1n) is 6.52. The first kappa shape index (κ1) is 19.7. The molecule has 0 saturated carbocycles. The summed E-state index contributed by atoms with van der Waals surface area (Å²) < 4.78 is 0. The summed E-state index contributed by atoms with van der Waals surface area (Å²) in [5.74, 6) is -1.60. The monoisotopic (exact) mass is 322 g/mol. The molecule has 122 valence electrons. The van der Waals surface area contributed by atoms with E-state index in [0.29, 0.717) is 18.6 Å². The SMILES string of the molecule is CSCC[C@@H](NC(=O)CC(O)CCCC(=O)NO)C(=O)O. The summed E-state index contributed by atoms with van der Waals surface area (Å²) >= 11 is 1.48. The number of carbonyl (C=O) groups excluding carboxylic acids is 2. The van der Waals surface area contributed by atoms with Crippen LogP contribution in [-0.4, -0.2) is 57.4 Å². The second kappa shape index (κ2) is 11.4. The van der Waals surface area contributed by atoms with Gasteiger partial charge in [-0.1, -0.05) is 0 Å². The molecule has 9 heteroatoms. The number of hydrogen-bond acceptors (Lipinski definition) is 6. The highest BCUT2D eigenvalue weighted by atomic mass is 32.2. The number of carbonyl (C=O) groups is 3. The van der Waals surface area contributed by atoms with Gasteiger partial charge >= 0.3 is 5.97 Å². The van der Waals surface area contributed by atoms with E-state index in [-0.39, 0.29) is 19.3 Å². The third kappa shape index (κ3) is 10.1. The molecule has 0 fully saturated rings. The zero-order valence-corrected chi connectivity index (χ0v) is 12.7. The van der Waals surface area contributed by atoms with Crippen LogP contribution in [0.5, 0.6) is 0 Å². The van der Waals surface area contributed by atoms with Crippen molar-refractivity contribution in [1.82, 2.24) is 10.8 Å². The van der Waals surface area contributed by atoms with Gasteiger partial charge in [0.2, 0.25) is 11.8 Å². The third-order valence-electron chi connectivity index (χ3n) is 2.73. The number of amides is 2. The minimum atomic E-state index is -1.11. The van der Waals surface area contributed by atoms with Gasteiger partial charge < -0.3 is 15.5 Å². The Bertz CT molecular complexity index is 353. The maximum atomic E-state index is 11.6. The van der Waals surface area contributed by atoms with E-state index in [1.165, 1.54) is 17.2 Å². The summed E-state index contributed by atoms with van der Waals surface area (Å²) in [5, 5.41) is 29.2. The van der Waals surface area contributed by atoms with Crippen LogP contribution < -0.4 is 10.8 Å². The van der Waals surface area contributed by atoms with Gasteiger partial charge in [-0.3, -0.25) is 14.8 Å². The van der Waals surface area contributed by atoms with Gasteiger partial charge in [0.25, 0.3) is 0 Å². The summed E-state index contributed by atoms with van der Waals surface area (Å²) in [6.07, 6.45) is 1.55. The molecule has 2 amide bonds. The molecule has 21 heavy (non-hydrogen) atoms. The molecule has 0 aromatic rings. The van der Waals surface area contributed by atoms with Crippen LogP contribution in [0.15, 0.2) is 0 Å². The van der Waals surface area contributed by atoms with Crippen molar-refractivity contribution in [3.63, 3.8) is 0 Å². The van der Waals surface area contributed by atoms with Crippen LogP contribution in [0.2, 0.25) is 0 Å². The van der Waals surface area contributed by atoms with Gasteiger partial charge in [-0.15, -0.1) is 0 Å². The molecule has 0 spiro atoms. The summed E-state index contributed by atoms with van der Waals surface area (Å²) in [6.45, 7) is 0. The van der Waals surface area contributed by atoms with Gasteiger partial charge in [-0.25, -0.2) is 10.3 Å². The third-order valence-corrected chi connectivity index (χ3v) is 3.37. The van der Waals surface area contributed by atoms with E-state index in [1.54, 1.807) is 0 Å². The second-order valence-corrected chi connectivity index (χ2v) is 5.51. The topological polar surface area (TPSA) is 136 Å². The Morgan fingerprint density at radius 1 is 1.19 bits per heavy atom. The number of thioether (sulfide) groups is 1. The molecule has 8 nitrogen and oxygen atoms in total. The highest BCUT2D eigenvalue weighted by Gasteiger charge is 2.20. The van der Waals surface area contributed by atoms with Gasteiger partial charge in [0, 0.05) is 6.42 Å². The zero-order chi connectivity index (χ0) is 16.3. The number of hydroxylamine groups is 1. The fourth-order valence-electron chi connectivity index (χ4n) is 1.62. The number of carboxylic acid groups (broad SMARTS) is 1. The Labute approximate surface area is 127 Å². The Morgan fingerprint density at radius 2 is 1.86 bits per heavy atom. The quantitative estimate of drug-likeness (QED) is 0.261. The lowest BCUT2D eigenvalue weighted by Crippen LogP contribution is -2.42. The molecule has 2 atom stereocenters. The Hall–Kier alpha value is -1.32.